The number of aryl methyl sites for hydroxylation is 1. The van der Waals surface area contributed by atoms with Crippen LogP contribution in [0.4, 0.5) is 23.7 Å². The van der Waals surface area contributed by atoms with Crippen molar-refractivity contribution in [3.8, 4) is 6.07 Å². The van der Waals surface area contributed by atoms with Crippen molar-refractivity contribution in [3.05, 3.63) is 46.5 Å². The van der Waals surface area contributed by atoms with Gasteiger partial charge in [0, 0.05) is 36.8 Å². The summed E-state index contributed by atoms with van der Waals surface area (Å²) in [5.74, 6) is -1.19. The Balaban J connectivity index is 1.59. The third-order valence-corrected chi connectivity index (χ3v) is 5.73. The fourth-order valence-corrected chi connectivity index (χ4v) is 4.16. The number of carbonyl (C=O) groups is 2. The Morgan fingerprint density at radius 1 is 1.38 bits per heavy atom. The van der Waals surface area contributed by atoms with Crippen LogP contribution in [0.1, 0.15) is 40.7 Å². The lowest BCUT2D eigenvalue weighted by atomic mass is 9.99. The topological polar surface area (TPSA) is 94.3 Å². The first-order chi connectivity index (χ1) is 15.3. The first-order valence-electron chi connectivity index (χ1n) is 10.2. The molecule has 1 aromatic heterocycles. The number of halogens is 3. The molecule has 0 bridgehead atoms. The second-order valence-corrected chi connectivity index (χ2v) is 7.91. The highest BCUT2D eigenvalue weighted by molar-refractivity contribution is 5.95. The largest absolute Gasteiger partial charge is 0.332 e. The molecular formula is C21H21F3N6O2. The zero-order chi connectivity index (χ0) is 23.0. The summed E-state index contributed by atoms with van der Waals surface area (Å²) < 4.78 is 41.0. The highest BCUT2D eigenvalue weighted by Gasteiger charge is 2.36. The van der Waals surface area contributed by atoms with E-state index in [0.717, 1.165) is 11.0 Å². The van der Waals surface area contributed by atoms with Gasteiger partial charge in [0.25, 0.3) is 12.3 Å². The number of urea groups is 1. The number of alkyl halides is 2. The molecule has 2 aliphatic rings. The third-order valence-electron chi connectivity index (χ3n) is 5.73. The van der Waals surface area contributed by atoms with E-state index in [9.17, 15) is 22.8 Å². The molecule has 1 aromatic carbocycles. The predicted molar refractivity (Wildman–Crippen MR) is 108 cm³/mol. The van der Waals surface area contributed by atoms with Crippen molar-refractivity contribution in [3.63, 3.8) is 0 Å². The third kappa shape index (κ3) is 4.00. The van der Waals surface area contributed by atoms with Crippen molar-refractivity contribution in [2.45, 2.75) is 45.3 Å². The number of carbonyl (C=O) groups excluding carboxylic acids is 2. The quantitative estimate of drug-likeness (QED) is 0.784. The molecule has 32 heavy (non-hydrogen) atoms. The van der Waals surface area contributed by atoms with Crippen molar-refractivity contribution < 1.29 is 22.8 Å². The lowest BCUT2D eigenvalue weighted by molar-refractivity contribution is 0.0557. The summed E-state index contributed by atoms with van der Waals surface area (Å²) in [4.78, 5) is 28.6. The van der Waals surface area contributed by atoms with Gasteiger partial charge < -0.3 is 15.1 Å². The molecule has 1 unspecified atom stereocenters. The smallest absolute Gasteiger partial charge is 0.322 e. The van der Waals surface area contributed by atoms with Crippen LogP contribution >= 0.6 is 0 Å². The summed E-state index contributed by atoms with van der Waals surface area (Å²) in [5.41, 5.74) is 1.55. The Morgan fingerprint density at radius 3 is 2.88 bits per heavy atom. The average Bonchev–Trinajstić information content (AvgIpc) is 3.02. The molecule has 168 valence electrons. The molecule has 0 aliphatic carbocycles. The average molecular weight is 446 g/mol. The molecular weight excluding hydrogens is 425 g/mol. The van der Waals surface area contributed by atoms with Crippen LogP contribution in [0.3, 0.4) is 0 Å². The maximum atomic E-state index is 13.6. The van der Waals surface area contributed by atoms with E-state index >= 15 is 0 Å². The Morgan fingerprint density at radius 2 is 2.16 bits per heavy atom. The number of hydrogen-bond acceptors (Lipinski definition) is 4. The number of amides is 3. The molecule has 0 saturated carbocycles. The Hall–Kier alpha value is -3.55. The fraction of sp³-hybridized carbons (Fsp3) is 0.429. The monoisotopic (exact) mass is 446 g/mol. The minimum Gasteiger partial charge on any atom is -0.332 e. The van der Waals surface area contributed by atoms with Crippen LogP contribution in [0.2, 0.25) is 0 Å². The molecule has 3 heterocycles. The molecule has 1 N–H and O–H groups in total. The number of nitrogens with zero attached hydrogens (tertiary/aromatic N) is 5. The molecule has 11 heteroatoms. The van der Waals surface area contributed by atoms with E-state index in [1.165, 1.54) is 17.0 Å². The number of nitrogens with one attached hydrogen (secondary N) is 1. The predicted octanol–water partition coefficient (Wildman–Crippen LogP) is 2.98. The summed E-state index contributed by atoms with van der Waals surface area (Å²) in [5, 5.41) is 16.2. The van der Waals surface area contributed by atoms with Gasteiger partial charge >= 0.3 is 6.03 Å². The van der Waals surface area contributed by atoms with E-state index in [0.29, 0.717) is 30.6 Å². The van der Waals surface area contributed by atoms with Gasteiger partial charge in [-0.25, -0.2) is 18.0 Å². The van der Waals surface area contributed by atoms with E-state index in [2.05, 4.69) is 10.4 Å². The minimum atomic E-state index is -2.64. The molecule has 3 amide bonds. The number of nitriles is 1. The van der Waals surface area contributed by atoms with E-state index in [1.54, 1.807) is 10.8 Å². The number of rotatable bonds is 3. The molecule has 2 aliphatic heterocycles. The van der Waals surface area contributed by atoms with Gasteiger partial charge in [0.15, 0.2) is 0 Å². The van der Waals surface area contributed by atoms with Gasteiger partial charge in [-0.15, -0.1) is 0 Å². The summed E-state index contributed by atoms with van der Waals surface area (Å²) in [6, 6.07) is 4.69. The van der Waals surface area contributed by atoms with E-state index in [-0.39, 0.29) is 36.1 Å². The number of benzene rings is 1. The maximum Gasteiger partial charge on any atom is 0.322 e. The SMILES string of the molecule is CC1Cc2nn3c(c2CN1C(=O)Nc1ccc(F)c(C#N)c1)C(=O)N(CC(F)F)CCC3. The Bertz CT molecular complexity index is 1110. The van der Waals surface area contributed by atoms with Crippen LogP contribution in [0.5, 0.6) is 0 Å². The molecule has 0 radical (unpaired) electrons. The summed E-state index contributed by atoms with van der Waals surface area (Å²) in [7, 11) is 0. The van der Waals surface area contributed by atoms with Crippen molar-refractivity contribution in [1.82, 2.24) is 19.6 Å². The molecule has 1 atom stereocenters. The molecule has 0 spiro atoms. The minimum absolute atomic E-state index is 0.0816. The first kappa shape index (κ1) is 21.7. The van der Waals surface area contributed by atoms with Gasteiger partial charge in [0.2, 0.25) is 0 Å². The van der Waals surface area contributed by atoms with E-state index < -0.39 is 30.7 Å². The van der Waals surface area contributed by atoms with Crippen molar-refractivity contribution in [2.75, 3.05) is 18.4 Å². The summed E-state index contributed by atoms with van der Waals surface area (Å²) in [6.45, 7) is 1.92. The molecule has 0 saturated heterocycles. The van der Waals surface area contributed by atoms with Gasteiger partial charge in [-0.3, -0.25) is 9.48 Å². The fourth-order valence-electron chi connectivity index (χ4n) is 4.16. The normalized spacial score (nSPS) is 18.1. The second kappa shape index (κ2) is 8.53. The van der Waals surface area contributed by atoms with Crippen molar-refractivity contribution in [1.29, 1.82) is 5.26 Å². The first-order valence-corrected chi connectivity index (χ1v) is 10.2. The standard InChI is InChI=1S/C21H21F3N6O2/c1-12-7-17-15(19-20(31)28(11-18(23)24)5-2-6-30(19)27-17)10-29(12)21(32)26-14-3-4-16(22)13(8-14)9-25/h3-4,8,12,18H,2,5-7,10-11H2,1H3,(H,26,32). The van der Waals surface area contributed by atoms with Crippen LogP contribution < -0.4 is 5.32 Å². The molecule has 8 nitrogen and oxygen atoms in total. The number of aromatic nitrogens is 2. The maximum absolute atomic E-state index is 13.6. The Labute approximate surface area is 182 Å². The van der Waals surface area contributed by atoms with Gasteiger partial charge in [0.05, 0.1) is 24.3 Å². The van der Waals surface area contributed by atoms with Crippen molar-refractivity contribution >= 4 is 17.6 Å². The van der Waals surface area contributed by atoms with Gasteiger partial charge in [-0.05, 0) is 31.5 Å². The zero-order valence-electron chi connectivity index (χ0n) is 17.3. The number of anilines is 1. The molecule has 4 rings (SSSR count). The molecule has 2 aromatic rings. The second-order valence-electron chi connectivity index (χ2n) is 7.91. The number of fused-ring (bicyclic) bond motifs is 3. The Kier molecular flexibility index (Phi) is 5.78. The van der Waals surface area contributed by atoms with Gasteiger partial charge in [-0.2, -0.15) is 10.4 Å². The summed E-state index contributed by atoms with van der Waals surface area (Å²) >= 11 is 0. The highest BCUT2D eigenvalue weighted by atomic mass is 19.3. The van der Waals surface area contributed by atoms with E-state index in [1.807, 2.05) is 6.92 Å². The van der Waals surface area contributed by atoms with Gasteiger partial charge in [0.1, 0.15) is 17.6 Å². The van der Waals surface area contributed by atoms with Crippen LogP contribution in [-0.4, -0.2) is 57.1 Å². The van der Waals surface area contributed by atoms with E-state index in [4.69, 9.17) is 5.26 Å². The summed E-state index contributed by atoms with van der Waals surface area (Å²) in [6.07, 6.45) is -1.73. The lowest BCUT2D eigenvalue weighted by Crippen LogP contribution is -2.45. The highest BCUT2D eigenvalue weighted by Crippen LogP contribution is 2.29. The lowest BCUT2D eigenvalue weighted by Gasteiger charge is -2.33. The zero-order valence-corrected chi connectivity index (χ0v) is 17.3. The molecule has 0 fully saturated rings. The van der Waals surface area contributed by atoms with Gasteiger partial charge in [-0.1, -0.05) is 0 Å². The van der Waals surface area contributed by atoms with Crippen LogP contribution in [-0.2, 0) is 19.5 Å². The number of hydrogen-bond donors (Lipinski definition) is 1. The van der Waals surface area contributed by atoms with Crippen LogP contribution in [0.25, 0.3) is 0 Å². The van der Waals surface area contributed by atoms with Crippen LogP contribution in [0.15, 0.2) is 18.2 Å². The van der Waals surface area contributed by atoms with Crippen LogP contribution in [0, 0.1) is 17.1 Å². The van der Waals surface area contributed by atoms with Crippen molar-refractivity contribution in [2.24, 2.45) is 0 Å².